The summed E-state index contributed by atoms with van der Waals surface area (Å²) in [6.07, 6.45) is -0.720. The van der Waals surface area contributed by atoms with Gasteiger partial charge in [0.2, 0.25) is 0 Å². The molecule has 3 N–H and O–H groups in total. The maximum absolute atomic E-state index is 12.4. The molecule has 3 aromatic carbocycles. The molecule has 0 bridgehead atoms. The van der Waals surface area contributed by atoms with Crippen molar-refractivity contribution in [2.45, 2.75) is 19.4 Å². The number of hydrogen-bond donors (Lipinski definition) is 3. The third-order valence-corrected chi connectivity index (χ3v) is 4.84. The maximum atomic E-state index is 12.4. The fourth-order valence-corrected chi connectivity index (χ4v) is 3.14. The topological polar surface area (TPSA) is 114 Å². The molecule has 0 radical (unpaired) electrons. The van der Waals surface area contributed by atoms with Crippen molar-refractivity contribution in [3.63, 3.8) is 0 Å². The van der Waals surface area contributed by atoms with Crippen LogP contribution in [0.25, 0.3) is 0 Å². The molecule has 10 heteroatoms. The first-order valence-electron chi connectivity index (χ1n) is 9.69. The number of aromatic hydroxyl groups is 2. The van der Waals surface area contributed by atoms with Crippen LogP contribution >= 0.6 is 23.2 Å². The molecule has 0 aliphatic heterocycles. The highest BCUT2D eigenvalue weighted by Gasteiger charge is 2.22. The summed E-state index contributed by atoms with van der Waals surface area (Å²) >= 11 is 12.0. The van der Waals surface area contributed by atoms with Crippen molar-refractivity contribution in [2.24, 2.45) is 0 Å². The molecule has 0 heterocycles. The molecular weight excluding hydrogens is 473 g/mol. The highest BCUT2D eigenvalue weighted by Crippen LogP contribution is 2.33. The van der Waals surface area contributed by atoms with Crippen molar-refractivity contribution in [3.05, 3.63) is 76.3 Å². The Morgan fingerprint density at radius 3 is 2.45 bits per heavy atom. The molecule has 3 aromatic rings. The smallest absolute Gasteiger partial charge is 0.366 e. The van der Waals surface area contributed by atoms with Crippen molar-refractivity contribution in [1.29, 1.82) is 0 Å². The Kier molecular flexibility index (Phi) is 7.87. The lowest BCUT2D eigenvalue weighted by molar-refractivity contribution is -0.137. The van der Waals surface area contributed by atoms with E-state index >= 15 is 0 Å². The van der Waals surface area contributed by atoms with Gasteiger partial charge in [-0.05, 0) is 48.9 Å². The summed E-state index contributed by atoms with van der Waals surface area (Å²) in [5.41, 5.74) is 1.78. The van der Waals surface area contributed by atoms with Crippen molar-refractivity contribution in [1.82, 2.24) is 5.48 Å². The van der Waals surface area contributed by atoms with Crippen LogP contribution in [0.4, 0.5) is 0 Å². The van der Waals surface area contributed by atoms with Gasteiger partial charge in [-0.1, -0.05) is 36.2 Å². The monoisotopic (exact) mass is 491 g/mol. The predicted octanol–water partition coefficient (Wildman–Crippen LogP) is 5.24. The van der Waals surface area contributed by atoms with Crippen LogP contribution in [-0.2, 0) is 9.63 Å². The first-order valence-corrected chi connectivity index (χ1v) is 10.4. The van der Waals surface area contributed by atoms with Gasteiger partial charge in [0.05, 0.1) is 5.02 Å². The first kappa shape index (κ1) is 24.0. The molecule has 1 unspecified atom stereocenters. The third kappa shape index (κ3) is 6.44. The molecule has 0 saturated heterocycles. The summed E-state index contributed by atoms with van der Waals surface area (Å²) in [5, 5.41) is 19.8. The highest BCUT2D eigenvalue weighted by molar-refractivity contribution is 6.35. The minimum atomic E-state index is -1.01. The van der Waals surface area contributed by atoms with Gasteiger partial charge in [-0.25, -0.2) is 4.79 Å². The third-order valence-electron chi connectivity index (χ3n) is 4.31. The van der Waals surface area contributed by atoms with E-state index in [0.717, 1.165) is 12.1 Å². The molecule has 0 fully saturated rings. The number of phenolic OH excluding ortho intramolecular Hbond substituents is 2. The number of amides is 1. The number of phenols is 2. The molecule has 0 spiro atoms. The van der Waals surface area contributed by atoms with Gasteiger partial charge in [-0.2, -0.15) is 5.48 Å². The summed E-state index contributed by atoms with van der Waals surface area (Å²) in [6.45, 7) is 1.71. The van der Waals surface area contributed by atoms with Crippen LogP contribution in [0.5, 0.6) is 28.7 Å². The van der Waals surface area contributed by atoms with E-state index < -0.39 is 23.7 Å². The molecule has 8 nitrogen and oxygen atoms in total. The van der Waals surface area contributed by atoms with E-state index in [1.807, 2.05) is 5.48 Å². The van der Waals surface area contributed by atoms with E-state index in [4.69, 9.17) is 37.5 Å². The van der Waals surface area contributed by atoms with Crippen LogP contribution in [0.2, 0.25) is 10.0 Å². The lowest BCUT2D eigenvalue weighted by atomic mass is 10.2. The van der Waals surface area contributed by atoms with Gasteiger partial charge in [0.1, 0.15) is 34.3 Å². The zero-order valence-electron chi connectivity index (χ0n) is 17.2. The number of nitrogens with one attached hydrogen (secondary N) is 1. The Morgan fingerprint density at radius 2 is 1.76 bits per heavy atom. The average Bonchev–Trinajstić information content (AvgIpc) is 2.78. The molecule has 0 aliphatic carbocycles. The average molecular weight is 492 g/mol. The van der Waals surface area contributed by atoms with Gasteiger partial charge in [0.15, 0.2) is 6.10 Å². The number of rotatable bonds is 7. The quantitative estimate of drug-likeness (QED) is 0.387. The van der Waals surface area contributed by atoms with Crippen LogP contribution in [0, 0.1) is 0 Å². The Hall–Kier alpha value is -3.62. The number of carbonyl (C=O) groups is 2. The van der Waals surface area contributed by atoms with Gasteiger partial charge < -0.3 is 24.5 Å². The van der Waals surface area contributed by atoms with Crippen LogP contribution in [0.15, 0.2) is 60.7 Å². The lowest BCUT2D eigenvalue weighted by Gasteiger charge is -2.17. The standard InChI is InChI=1S/C23H19Cl2NO7/c1-2-20(22(29)26-33-23(30)17-8-7-14(27)11-19(17)28)31-15-4-3-5-16(12-15)32-21-9-6-13(24)10-18(21)25/h3-12,20,27-28H,2H2,1H3,(H,26,29). The normalized spacial score (nSPS) is 11.4. The van der Waals surface area contributed by atoms with Gasteiger partial charge in [-0.15, -0.1) is 0 Å². The van der Waals surface area contributed by atoms with Crippen LogP contribution in [-0.4, -0.2) is 28.2 Å². The Morgan fingerprint density at radius 1 is 1.00 bits per heavy atom. The van der Waals surface area contributed by atoms with Gasteiger partial charge in [-0.3, -0.25) is 4.79 Å². The van der Waals surface area contributed by atoms with Gasteiger partial charge in [0.25, 0.3) is 5.91 Å². The second kappa shape index (κ2) is 10.8. The van der Waals surface area contributed by atoms with E-state index in [1.165, 1.54) is 6.07 Å². The molecule has 3 rings (SSSR count). The molecule has 0 aliphatic rings. The largest absolute Gasteiger partial charge is 0.508 e. The van der Waals surface area contributed by atoms with Crippen LogP contribution < -0.4 is 15.0 Å². The number of hydrogen-bond acceptors (Lipinski definition) is 7. The van der Waals surface area contributed by atoms with Crippen LogP contribution in [0.1, 0.15) is 23.7 Å². The molecule has 33 heavy (non-hydrogen) atoms. The Balaban J connectivity index is 1.62. The lowest BCUT2D eigenvalue weighted by Crippen LogP contribution is -2.39. The summed E-state index contributed by atoms with van der Waals surface area (Å²) in [5.74, 6) is -1.29. The van der Waals surface area contributed by atoms with Gasteiger partial charge in [0, 0.05) is 17.2 Å². The number of benzene rings is 3. The molecule has 172 valence electrons. The number of carbonyl (C=O) groups excluding carboxylic acids is 2. The van der Waals surface area contributed by atoms with Crippen LogP contribution in [0.3, 0.4) is 0 Å². The van der Waals surface area contributed by atoms with E-state index in [1.54, 1.807) is 49.4 Å². The Labute approximate surface area is 199 Å². The zero-order chi connectivity index (χ0) is 24.0. The Bertz CT molecular complexity index is 1170. The molecule has 0 saturated carbocycles. The summed E-state index contributed by atoms with van der Waals surface area (Å²) in [7, 11) is 0. The second-order valence-corrected chi connectivity index (χ2v) is 7.57. The summed E-state index contributed by atoms with van der Waals surface area (Å²) < 4.78 is 11.5. The summed E-state index contributed by atoms with van der Waals surface area (Å²) in [4.78, 5) is 29.2. The minimum Gasteiger partial charge on any atom is -0.508 e. The maximum Gasteiger partial charge on any atom is 0.366 e. The van der Waals surface area contributed by atoms with Crippen molar-refractivity contribution >= 4 is 35.1 Å². The summed E-state index contributed by atoms with van der Waals surface area (Å²) in [6, 6.07) is 14.7. The number of ether oxygens (including phenoxy) is 2. The van der Waals surface area contributed by atoms with E-state index in [-0.39, 0.29) is 17.7 Å². The minimum absolute atomic E-state index is 0.225. The SMILES string of the molecule is CCC(Oc1cccc(Oc2ccc(Cl)cc2Cl)c1)C(=O)NOC(=O)c1ccc(O)cc1O. The fourth-order valence-electron chi connectivity index (χ4n) is 2.69. The van der Waals surface area contributed by atoms with Gasteiger partial charge >= 0.3 is 5.97 Å². The second-order valence-electron chi connectivity index (χ2n) is 6.72. The van der Waals surface area contributed by atoms with Crippen molar-refractivity contribution in [3.8, 4) is 28.7 Å². The van der Waals surface area contributed by atoms with Crippen molar-refractivity contribution < 1.29 is 34.1 Å². The zero-order valence-corrected chi connectivity index (χ0v) is 18.8. The van der Waals surface area contributed by atoms with E-state index in [2.05, 4.69) is 0 Å². The number of hydroxylamine groups is 1. The molecule has 1 atom stereocenters. The molecule has 0 aromatic heterocycles. The first-order chi connectivity index (χ1) is 15.8. The van der Waals surface area contributed by atoms with E-state index in [0.29, 0.717) is 27.3 Å². The predicted molar refractivity (Wildman–Crippen MR) is 121 cm³/mol. The number of halogens is 2. The molecular formula is C23H19Cl2NO7. The van der Waals surface area contributed by atoms with E-state index in [9.17, 15) is 19.8 Å². The fraction of sp³-hybridized carbons (Fsp3) is 0.130. The highest BCUT2D eigenvalue weighted by atomic mass is 35.5. The van der Waals surface area contributed by atoms with Crippen molar-refractivity contribution in [2.75, 3.05) is 0 Å². The molecule has 1 amide bonds.